The lowest BCUT2D eigenvalue weighted by molar-refractivity contribution is 0.100. The van der Waals surface area contributed by atoms with Crippen molar-refractivity contribution in [2.24, 2.45) is 11.1 Å². The summed E-state index contributed by atoms with van der Waals surface area (Å²) in [5, 5.41) is 4.25. The first kappa shape index (κ1) is 15.9. The quantitative estimate of drug-likeness (QED) is 0.687. The molecule has 0 aliphatic heterocycles. The number of nitrogens with two attached hydrogens (primary N) is 2. The van der Waals surface area contributed by atoms with Crippen molar-refractivity contribution in [3.8, 4) is 5.75 Å². The maximum atomic E-state index is 11.5. The van der Waals surface area contributed by atoms with Crippen LogP contribution < -0.4 is 21.5 Å². The smallest absolute Gasteiger partial charge is 0.261 e. The van der Waals surface area contributed by atoms with Gasteiger partial charge in [0.25, 0.3) is 5.91 Å². The van der Waals surface area contributed by atoms with Crippen molar-refractivity contribution in [2.45, 2.75) is 52.6 Å². The Kier molecular flexibility index (Phi) is 4.66. The fourth-order valence-corrected chi connectivity index (χ4v) is 3.47. The Morgan fingerprint density at radius 2 is 2.14 bits per heavy atom. The van der Waals surface area contributed by atoms with E-state index in [0.29, 0.717) is 21.7 Å². The molecule has 0 radical (unpaired) electrons. The SMILES string of the molecule is CCCC1(CNc2sc(C(N)=O)c(N)c2OC(C)C)CC1. The summed E-state index contributed by atoms with van der Waals surface area (Å²) in [6.07, 6.45) is 4.93. The first-order chi connectivity index (χ1) is 9.88. The Morgan fingerprint density at radius 1 is 1.48 bits per heavy atom. The molecule has 1 heterocycles. The van der Waals surface area contributed by atoms with E-state index in [9.17, 15) is 4.79 Å². The van der Waals surface area contributed by atoms with E-state index >= 15 is 0 Å². The minimum Gasteiger partial charge on any atom is -0.486 e. The highest BCUT2D eigenvalue weighted by atomic mass is 32.1. The number of carbonyl (C=O) groups excluding carboxylic acids is 1. The molecule has 0 unspecified atom stereocenters. The Hall–Kier alpha value is -1.43. The molecule has 5 nitrogen and oxygen atoms in total. The van der Waals surface area contributed by atoms with Crippen LogP contribution in [0.2, 0.25) is 0 Å². The summed E-state index contributed by atoms with van der Waals surface area (Å²) in [7, 11) is 0. The topological polar surface area (TPSA) is 90.4 Å². The Balaban J connectivity index is 2.17. The van der Waals surface area contributed by atoms with Crippen LogP contribution in [0.15, 0.2) is 0 Å². The number of nitrogen functional groups attached to an aromatic ring is 1. The Morgan fingerprint density at radius 3 is 2.62 bits per heavy atom. The van der Waals surface area contributed by atoms with Crippen LogP contribution in [0.1, 0.15) is 56.1 Å². The van der Waals surface area contributed by atoms with Gasteiger partial charge in [-0.2, -0.15) is 0 Å². The van der Waals surface area contributed by atoms with E-state index in [0.717, 1.165) is 11.5 Å². The third-order valence-electron chi connectivity index (χ3n) is 3.84. The molecule has 1 aromatic rings. The lowest BCUT2D eigenvalue weighted by Crippen LogP contribution is -2.16. The number of anilines is 2. The van der Waals surface area contributed by atoms with Gasteiger partial charge in [-0.15, -0.1) is 11.3 Å². The third kappa shape index (κ3) is 3.61. The molecule has 0 bridgehead atoms. The van der Waals surface area contributed by atoms with Gasteiger partial charge in [0.2, 0.25) is 0 Å². The zero-order chi connectivity index (χ0) is 15.6. The summed E-state index contributed by atoms with van der Waals surface area (Å²) in [4.78, 5) is 11.8. The van der Waals surface area contributed by atoms with Gasteiger partial charge in [0, 0.05) is 6.54 Å². The van der Waals surface area contributed by atoms with E-state index in [1.807, 2.05) is 13.8 Å². The molecule has 0 saturated heterocycles. The molecular formula is C15H25N3O2S. The number of hydrogen-bond acceptors (Lipinski definition) is 5. The minimum atomic E-state index is -0.506. The monoisotopic (exact) mass is 311 g/mol. The molecule has 0 spiro atoms. The first-order valence-electron chi connectivity index (χ1n) is 7.51. The maximum Gasteiger partial charge on any atom is 0.261 e. The molecule has 1 aromatic heterocycles. The second-order valence-corrected chi connectivity index (χ2v) is 7.16. The summed E-state index contributed by atoms with van der Waals surface area (Å²) in [5.41, 5.74) is 12.2. The molecule has 0 aromatic carbocycles. The second kappa shape index (κ2) is 6.13. The lowest BCUT2D eigenvalue weighted by Gasteiger charge is -2.17. The van der Waals surface area contributed by atoms with Gasteiger partial charge in [-0.05, 0) is 38.5 Å². The summed E-state index contributed by atoms with van der Waals surface area (Å²) in [6, 6.07) is 0. The van der Waals surface area contributed by atoms with E-state index in [1.54, 1.807) is 0 Å². The van der Waals surface area contributed by atoms with Gasteiger partial charge < -0.3 is 21.5 Å². The predicted octanol–water partition coefficient (Wildman–Crippen LogP) is 3.21. The first-order valence-corrected chi connectivity index (χ1v) is 8.33. The average Bonchev–Trinajstić information content (AvgIpc) is 3.09. The summed E-state index contributed by atoms with van der Waals surface area (Å²) >= 11 is 1.29. The summed E-state index contributed by atoms with van der Waals surface area (Å²) < 4.78 is 5.77. The lowest BCUT2D eigenvalue weighted by atomic mass is 10.0. The van der Waals surface area contributed by atoms with Crippen LogP contribution in [-0.4, -0.2) is 18.6 Å². The van der Waals surface area contributed by atoms with Crippen molar-refractivity contribution in [3.05, 3.63) is 4.88 Å². The van der Waals surface area contributed by atoms with Gasteiger partial charge in [-0.1, -0.05) is 13.3 Å². The van der Waals surface area contributed by atoms with Crippen LogP contribution in [-0.2, 0) is 0 Å². The molecule has 1 aliphatic rings. The number of carbonyl (C=O) groups is 1. The summed E-state index contributed by atoms with van der Waals surface area (Å²) in [5.74, 6) is 0.0601. The highest BCUT2D eigenvalue weighted by Crippen LogP contribution is 2.51. The molecule has 1 amide bonds. The fourth-order valence-electron chi connectivity index (χ4n) is 2.57. The molecule has 5 N–H and O–H groups in total. The number of ether oxygens (including phenoxy) is 1. The van der Waals surface area contributed by atoms with Crippen LogP contribution in [0.4, 0.5) is 10.7 Å². The fraction of sp³-hybridized carbons (Fsp3) is 0.667. The maximum absolute atomic E-state index is 11.5. The molecular weight excluding hydrogens is 286 g/mol. The number of nitrogens with one attached hydrogen (secondary N) is 1. The molecule has 1 saturated carbocycles. The minimum absolute atomic E-state index is 0.00583. The van der Waals surface area contributed by atoms with E-state index in [2.05, 4.69) is 12.2 Å². The number of thiophene rings is 1. The second-order valence-electron chi connectivity index (χ2n) is 6.14. The number of rotatable bonds is 8. The van der Waals surface area contributed by atoms with Crippen LogP contribution in [0.5, 0.6) is 5.75 Å². The van der Waals surface area contributed by atoms with Gasteiger partial charge in [-0.25, -0.2) is 0 Å². The van der Waals surface area contributed by atoms with Gasteiger partial charge in [0.1, 0.15) is 15.6 Å². The zero-order valence-corrected chi connectivity index (χ0v) is 13.8. The van der Waals surface area contributed by atoms with E-state index in [4.69, 9.17) is 16.2 Å². The van der Waals surface area contributed by atoms with Crippen molar-refractivity contribution < 1.29 is 9.53 Å². The van der Waals surface area contributed by atoms with Gasteiger partial charge in [0.15, 0.2) is 5.75 Å². The highest BCUT2D eigenvalue weighted by molar-refractivity contribution is 7.19. The van der Waals surface area contributed by atoms with Crippen LogP contribution in [0.25, 0.3) is 0 Å². The molecule has 0 atom stereocenters. The summed E-state index contributed by atoms with van der Waals surface area (Å²) in [6.45, 7) is 6.98. The standard InChI is InChI=1S/C15H25N3O2S/c1-4-5-15(6-7-15)8-18-14-11(20-9(2)3)10(16)12(21-14)13(17)19/h9,18H,4-8,16H2,1-3H3,(H2,17,19). The van der Waals surface area contributed by atoms with E-state index in [1.165, 1.54) is 37.0 Å². The Bertz CT molecular complexity index is 521. The van der Waals surface area contributed by atoms with Gasteiger partial charge in [-0.3, -0.25) is 4.79 Å². The molecule has 118 valence electrons. The van der Waals surface area contributed by atoms with Crippen LogP contribution in [0, 0.1) is 5.41 Å². The number of amides is 1. The van der Waals surface area contributed by atoms with Crippen molar-refractivity contribution >= 4 is 27.9 Å². The average molecular weight is 311 g/mol. The van der Waals surface area contributed by atoms with Crippen molar-refractivity contribution in [3.63, 3.8) is 0 Å². The predicted molar refractivity (Wildman–Crippen MR) is 88.1 cm³/mol. The molecule has 2 rings (SSSR count). The number of hydrogen-bond donors (Lipinski definition) is 3. The van der Waals surface area contributed by atoms with Gasteiger partial charge in [0.05, 0.1) is 6.10 Å². The zero-order valence-electron chi connectivity index (χ0n) is 13.0. The van der Waals surface area contributed by atoms with E-state index < -0.39 is 5.91 Å². The molecule has 21 heavy (non-hydrogen) atoms. The van der Waals surface area contributed by atoms with Crippen LogP contribution in [0.3, 0.4) is 0 Å². The molecule has 1 aliphatic carbocycles. The van der Waals surface area contributed by atoms with E-state index in [-0.39, 0.29) is 6.10 Å². The molecule has 6 heteroatoms. The largest absolute Gasteiger partial charge is 0.486 e. The van der Waals surface area contributed by atoms with Crippen molar-refractivity contribution in [1.29, 1.82) is 0 Å². The van der Waals surface area contributed by atoms with Crippen molar-refractivity contribution in [1.82, 2.24) is 0 Å². The van der Waals surface area contributed by atoms with Crippen LogP contribution >= 0.6 is 11.3 Å². The van der Waals surface area contributed by atoms with Crippen molar-refractivity contribution in [2.75, 3.05) is 17.6 Å². The highest BCUT2D eigenvalue weighted by Gasteiger charge is 2.41. The normalized spacial score (nSPS) is 16.0. The third-order valence-corrected chi connectivity index (χ3v) is 5.00. The molecule has 1 fully saturated rings. The Labute approximate surface area is 130 Å². The van der Waals surface area contributed by atoms with Gasteiger partial charge >= 0.3 is 0 Å². The number of primary amides is 1.